The van der Waals surface area contributed by atoms with E-state index >= 15 is 0 Å². The Morgan fingerprint density at radius 3 is 2.70 bits per heavy atom. The van der Waals surface area contributed by atoms with E-state index in [1.54, 1.807) is 0 Å². The van der Waals surface area contributed by atoms with Crippen LogP contribution in [-0.4, -0.2) is 21.4 Å². The molecule has 0 saturated carbocycles. The summed E-state index contributed by atoms with van der Waals surface area (Å²) in [5.41, 5.74) is 4.98. The Hall–Kier alpha value is -2.56. The van der Waals surface area contributed by atoms with Crippen molar-refractivity contribution in [2.45, 2.75) is 26.4 Å². The van der Waals surface area contributed by atoms with Gasteiger partial charge < -0.3 is 0 Å². The van der Waals surface area contributed by atoms with Gasteiger partial charge in [-0.25, -0.2) is 9.97 Å². The number of fused-ring (bicyclic) bond motifs is 2. The fourth-order valence-electron chi connectivity index (χ4n) is 3.81. The molecule has 0 aliphatic carbocycles. The molecule has 0 saturated heterocycles. The highest BCUT2D eigenvalue weighted by molar-refractivity contribution is 7.19. The monoisotopic (exact) mass is 371 g/mol. The summed E-state index contributed by atoms with van der Waals surface area (Å²) in [6, 6.07) is 18.9. The Labute approximate surface area is 163 Å². The zero-order valence-electron chi connectivity index (χ0n) is 15.4. The SMILES string of the molecule is Cc1c(CN2CCc3nc(-c4ccccc4)ncc3C2)sc2ccccc12. The minimum Gasteiger partial charge on any atom is -0.293 e. The van der Waals surface area contributed by atoms with Gasteiger partial charge in [0, 0.05) is 53.0 Å². The number of aromatic nitrogens is 2. The average Bonchev–Trinajstić information content (AvgIpc) is 3.04. The molecule has 4 aromatic rings. The molecule has 0 amide bonds. The zero-order valence-corrected chi connectivity index (χ0v) is 16.2. The van der Waals surface area contributed by atoms with Crippen molar-refractivity contribution in [1.82, 2.24) is 14.9 Å². The third-order valence-corrected chi connectivity index (χ3v) is 6.61. The molecule has 2 aromatic heterocycles. The summed E-state index contributed by atoms with van der Waals surface area (Å²) in [5, 5.41) is 1.39. The van der Waals surface area contributed by atoms with Crippen LogP contribution < -0.4 is 0 Å². The van der Waals surface area contributed by atoms with Gasteiger partial charge in [-0.15, -0.1) is 11.3 Å². The van der Waals surface area contributed by atoms with Crippen molar-refractivity contribution in [2.24, 2.45) is 0 Å². The van der Waals surface area contributed by atoms with Crippen molar-refractivity contribution in [2.75, 3.05) is 6.54 Å². The van der Waals surface area contributed by atoms with E-state index in [0.717, 1.165) is 37.4 Å². The van der Waals surface area contributed by atoms with Gasteiger partial charge in [-0.2, -0.15) is 0 Å². The molecule has 5 rings (SSSR count). The van der Waals surface area contributed by atoms with Crippen LogP contribution in [0.4, 0.5) is 0 Å². The van der Waals surface area contributed by atoms with Crippen molar-refractivity contribution in [1.29, 1.82) is 0 Å². The maximum atomic E-state index is 4.84. The van der Waals surface area contributed by atoms with Gasteiger partial charge in [0.15, 0.2) is 5.82 Å². The van der Waals surface area contributed by atoms with Gasteiger partial charge in [0.1, 0.15) is 0 Å². The van der Waals surface area contributed by atoms with Gasteiger partial charge >= 0.3 is 0 Å². The van der Waals surface area contributed by atoms with Gasteiger partial charge in [0.25, 0.3) is 0 Å². The van der Waals surface area contributed by atoms with E-state index in [9.17, 15) is 0 Å². The first-order valence-corrected chi connectivity index (χ1v) is 10.2. The van der Waals surface area contributed by atoms with Crippen LogP contribution in [0.25, 0.3) is 21.5 Å². The Bertz CT molecular complexity index is 1100. The molecule has 1 aliphatic heterocycles. The van der Waals surface area contributed by atoms with Crippen LogP contribution in [0.2, 0.25) is 0 Å². The van der Waals surface area contributed by atoms with Crippen LogP contribution in [-0.2, 0) is 19.5 Å². The summed E-state index contributed by atoms with van der Waals surface area (Å²) >= 11 is 1.93. The summed E-state index contributed by atoms with van der Waals surface area (Å²) in [5.74, 6) is 0.836. The summed E-state index contributed by atoms with van der Waals surface area (Å²) in [7, 11) is 0. The van der Waals surface area contributed by atoms with Crippen LogP contribution in [0.3, 0.4) is 0 Å². The molecule has 27 heavy (non-hydrogen) atoms. The minimum atomic E-state index is 0.836. The Morgan fingerprint density at radius 1 is 1.04 bits per heavy atom. The molecule has 0 radical (unpaired) electrons. The molecule has 3 nitrogen and oxygen atoms in total. The smallest absolute Gasteiger partial charge is 0.159 e. The highest BCUT2D eigenvalue weighted by atomic mass is 32.1. The lowest BCUT2D eigenvalue weighted by molar-refractivity contribution is 0.245. The van der Waals surface area contributed by atoms with Gasteiger partial charge in [0.05, 0.1) is 5.69 Å². The third-order valence-electron chi connectivity index (χ3n) is 5.35. The number of benzene rings is 2. The lowest BCUT2D eigenvalue weighted by atomic mass is 10.1. The van der Waals surface area contributed by atoms with Crippen LogP contribution in [0.1, 0.15) is 21.7 Å². The molecule has 0 spiro atoms. The fraction of sp³-hybridized carbons (Fsp3) is 0.217. The first-order valence-electron chi connectivity index (χ1n) is 9.37. The molecule has 1 aliphatic rings. The van der Waals surface area contributed by atoms with Gasteiger partial charge in [-0.1, -0.05) is 48.5 Å². The van der Waals surface area contributed by atoms with E-state index in [4.69, 9.17) is 4.98 Å². The summed E-state index contributed by atoms with van der Waals surface area (Å²) in [6.45, 7) is 5.23. The minimum absolute atomic E-state index is 0.836. The summed E-state index contributed by atoms with van der Waals surface area (Å²) < 4.78 is 1.39. The molecule has 0 N–H and O–H groups in total. The van der Waals surface area contributed by atoms with E-state index in [1.165, 1.54) is 31.8 Å². The largest absolute Gasteiger partial charge is 0.293 e. The zero-order chi connectivity index (χ0) is 18.2. The van der Waals surface area contributed by atoms with E-state index in [2.05, 4.69) is 53.2 Å². The topological polar surface area (TPSA) is 29.0 Å². The molecular weight excluding hydrogens is 350 g/mol. The molecule has 3 heterocycles. The van der Waals surface area contributed by atoms with Gasteiger partial charge in [0.2, 0.25) is 0 Å². The number of rotatable bonds is 3. The Morgan fingerprint density at radius 2 is 1.85 bits per heavy atom. The molecule has 0 atom stereocenters. The van der Waals surface area contributed by atoms with Gasteiger partial charge in [-0.05, 0) is 23.9 Å². The second-order valence-electron chi connectivity index (χ2n) is 7.14. The Kier molecular flexibility index (Phi) is 4.23. The Balaban J connectivity index is 1.37. The van der Waals surface area contributed by atoms with Crippen molar-refractivity contribution >= 4 is 21.4 Å². The summed E-state index contributed by atoms with van der Waals surface area (Å²) in [6.07, 6.45) is 3.01. The molecule has 4 heteroatoms. The standard InChI is InChI=1S/C23H21N3S/c1-16-19-9-5-6-10-21(19)27-22(16)15-26-12-11-20-18(14-26)13-24-23(25-20)17-7-3-2-4-8-17/h2-10,13H,11-12,14-15H2,1H3. The first-order chi connectivity index (χ1) is 13.3. The fourth-order valence-corrected chi connectivity index (χ4v) is 5.07. The average molecular weight is 372 g/mol. The molecule has 0 bridgehead atoms. The number of hydrogen-bond donors (Lipinski definition) is 0. The number of hydrogen-bond acceptors (Lipinski definition) is 4. The van der Waals surface area contributed by atoms with Crippen LogP contribution >= 0.6 is 11.3 Å². The van der Waals surface area contributed by atoms with Crippen LogP contribution in [0, 0.1) is 6.92 Å². The van der Waals surface area contributed by atoms with Crippen LogP contribution in [0.15, 0.2) is 60.8 Å². The maximum Gasteiger partial charge on any atom is 0.159 e. The van der Waals surface area contributed by atoms with Crippen LogP contribution in [0.5, 0.6) is 0 Å². The molecule has 0 fully saturated rings. The van der Waals surface area contributed by atoms with E-state index < -0.39 is 0 Å². The highest BCUT2D eigenvalue weighted by Gasteiger charge is 2.20. The maximum absolute atomic E-state index is 4.84. The predicted molar refractivity (Wildman–Crippen MR) is 112 cm³/mol. The van der Waals surface area contributed by atoms with Crippen molar-refractivity contribution in [3.8, 4) is 11.4 Å². The first kappa shape index (κ1) is 16.6. The molecule has 2 aromatic carbocycles. The second kappa shape index (κ2) is 6.87. The molecule has 134 valence electrons. The van der Waals surface area contributed by atoms with E-state index in [1.807, 2.05) is 35.7 Å². The normalized spacial score (nSPS) is 14.4. The van der Waals surface area contributed by atoms with Crippen molar-refractivity contribution in [3.05, 3.63) is 82.5 Å². The quantitative estimate of drug-likeness (QED) is 0.494. The van der Waals surface area contributed by atoms with Crippen molar-refractivity contribution in [3.63, 3.8) is 0 Å². The van der Waals surface area contributed by atoms with E-state index in [0.29, 0.717) is 0 Å². The van der Waals surface area contributed by atoms with Crippen molar-refractivity contribution < 1.29 is 0 Å². The lowest BCUT2D eigenvalue weighted by Gasteiger charge is -2.27. The highest BCUT2D eigenvalue weighted by Crippen LogP contribution is 2.32. The van der Waals surface area contributed by atoms with Gasteiger partial charge in [-0.3, -0.25) is 4.90 Å². The number of nitrogens with zero attached hydrogens (tertiary/aromatic N) is 3. The second-order valence-corrected chi connectivity index (χ2v) is 8.28. The molecular formula is C23H21N3S. The lowest BCUT2D eigenvalue weighted by Crippen LogP contribution is -2.30. The predicted octanol–water partition coefficient (Wildman–Crippen LogP) is 5.23. The summed E-state index contributed by atoms with van der Waals surface area (Å²) in [4.78, 5) is 13.5. The third kappa shape index (κ3) is 3.15. The van der Waals surface area contributed by atoms with E-state index in [-0.39, 0.29) is 0 Å². The number of aryl methyl sites for hydroxylation is 1. The molecule has 0 unspecified atom stereocenters. The number of thiophene rings is 1.